The van der Waals surface area contributed by atoms with Crippen LogP contribution in [0.4, 0.5) is 21.8 Å². The van der Waals surface area contributed by atoms with Gasteiger partial charge < -0.3 is 10.6 Å². The number of nitrogens with one attached hydrogen (secondary N) is 3. The highest BCUT2D eigenvalue weighted by Gasteiger charge is 2.14. The molecule has 10 nitrogen and oxygen atoms in total. The van der Waals surface area contributed by atoms with Crippen LogP contribution >= 0.6 is 0 Å². The second-order valence-corrected chi connectivity index (χ2v) is 9.69. The van der Waals surface area contributed by atoms with Crippen LogP contribution in [-0.2, 0) is 20.0 Å². The minimum atomic E-state index is -3.79. The van der Waals surface area contributed by atoms with Crippen LogP contribution in [0.3, 0.4) is 0 Å². The van der Waals surface area contributed by atoms with Crippen LogP contribution in [0.1, 0.15) is 6.42 Å². The van der Waals surface area contributed by atoms with E-state index in [0.29, 0.717) is 17.0 Å². The zero-order chi connectivity index (χ0) is 22.6. The SMILES string of the molecule is CNS(=O)(=O)c1cccc(Nc2nc(NC3=CC=CC(=CS(N)(=O)=O)C3)ncc2F)c1. The fraction of sp³-hybridized carbons (Fsp3) is 0.111. The largest absolute Gasteiger partial charge is 0.338 e. The van der Waals surface area contributed by atoms with Gasteiger partial charge in [-0.1, -0.05) is 18.2 Å². The third kappa shape index (κ3) is 6.18. The number of sulfonamides is 2. The van der Waals surface area contributed by atoms with E-state index in [0.717, 1.165) is 11.6 Å². The molecule has 164 valence electrons. The van der Waals surface area contributed by atoms with Crippen LogP contribution in [0, 0.1) is 5.82 Å². The molecule has 1 aromatic heterocycles. The molecule has 0 bridgehead atoms. The van der Waals surface area contributed by atoms with Gasteiger partial charge in [0.2, 0.25) is 26.0 Å². The van der Waals surface area contributed by atoms with E-state index in [1.165, 1.54) is 25.2 Å². The summed E-state index contributed by atoms with van der Waals surface area (Å²) < 4.78 is 62.8. The number of hydrogen-bond acceptors (Lipinski definition) is 8. The number of anilines is 3. The van der Waals surface area contributed by atoms with Crippen molar-refractivity contribution in [1.82, 2.24) is 14.7 Å². The summed E-state index contributed by atoms with van der Waals surface area (Å²) in [5.41, 5.74) is 1.32. The van der Waals surface area contributed by atoms with E-state index in [2.05, 4.69) is 25.3 Å². The van der Waals surface area contributed by atoms with Gasteiger partial charge in [0.25, 0.3) is 0 Å². The number of nitrogens with zero attached hydrogens (tertiary/aromatic N) is 2. The van der Waals surface area contributed by atoms with Gasteiger partial charge in [-0.15, -0.1) is 0 Å². The highest BCUT2D eigenvalue weighted by Crippen LogP contribution is 2.23. The smallest absolute Gasteiger partial charge is 0.240 e. The molecule has 0 aliphatic heterocycles. The molecule has 0 fully saturated rings. The Hall–Kier alpha value is -3.13. The van der Waals surface area contributed by atoms with E-state index in [1.54, 1.807) is 24.3 Å². The van der Waals surface area contributed by atoms with Crippen molar-refractivity contribution < 1.29 is 21.2 Å². The number of nitrogens with two attached hydrogens (primary N) is 1. The van der Waals surface area contributed by atoms with Crippen LogP contribution in [0.15, 0.2) is 70.3 Å². The zero-order valence-electron chi connectivity index (χ0n) is 16.2. The Morgan fingerprint density at radius 2 is 1.97 bits per heavy atom. The van der Waals surface area contributed by atoms with Crippen LogP contribution in [0.5, 0.6) is 0 Å². The van der Waals surface area contributed by atoms with Gasteiger partial charge in [0, 0.05) is 23.2 Å². The summed E-state index contributed by atoms with van der Waals surface area (Å²) in [7, 11) is -6.17. The zero-order valence-corrected chi connectivity index (χ0v) is 17.8. The minimum Gasteiger partial charge on any atom is -0.338 e. The summed E-state index contributed by atoms with van der Waals surface area (Å²) in [6.07, 6.45) is 6.08. The number of halogens is 1. The Bertz CT molecular complexity index is 1300. The van der Waals surface area contributed by atoms with Crippen LogP contribution < -0.4 is 20.5 Å². The predicted molar refractivity (Wildman–Crippen MR) is 115 cm³/mol. The molecule has 0 amide bonds. The third-order valence-corrected chi connectivity index (χ3v) is 6.05. The summed E-state index contributed by atoms with van der Waals surface area (Å²) in [6.45, 7) is 0. The van der Waals surface area contributed by atoms with Gasteiger partial charge in [0.1, 0.15) is 0 Å². The van der Waals surface area contributed by atoms with Crippen molar-refractivity contribution in [3.8, 4) is 0 Å². The van der Waals surface area contributed by atoms with E-state index in [4.69, 9.17) is 5.14 Å². The van der Waals surface area contributed by atoms with E-state index in [9.17, 15) is 21.2 Å². The van der Waals surface area contributed by atoms with Crippen LogP contribution in [0.2, 0.25) is 0 Å². The number of hydrogen-bond donors (Lipinski definition) is 4. The molecule has 0 radical (unpaired) electrons. The van der Waals surface area contributed by atoms with Gasteiger partial charge in [0.05, 0.1) is 11.1 Å². The van der Waals surface area contributed by atoms with Gasteiger partial charge in [-0.3, -0.25) is 0 Å². The maximum atomic E-state index is 14.2. The highest BCUT2D eigenvalue weighted by molar-refractivity contribution is 7.92. The molecule has 13 heteroatoms. The lowest BCUT2D eigenvalue weighted by atomic mass is 10.1. The average molecular weight is 467 g/mol. The van der Waals surface area contributed by atoms with Crippen LogP contribution in [-0.4, -0.2) is 33.9 Å². The van der Waals surface area contributed by atoms with Crippen molar-refractivity contribution in [2.45, 2.75) is 11.3 Å². The third-order valence-electron chi connectivity index (χ3n) is 4.01. The van der Waals surface area contributed by atoms with Gasteiger partial charge in [-0.2, -0.15) is 4.98 Å². The molecule has 5 N–H and O–H groups in total. The first-order valence-electron chi connectivity index (χ1n) is 8.76. The quantitative estimate of drug-likeness (QED) is 0.480. The molecule has 0 spiro atoms. The summed E-state index contributed by atoms with van der Waals surface area (Å²) in [4.78, 5) is 7.95. The van der Waals surface area contributed by atoms with Crippen molar-refractivity contribution in [3.63, 3.8) is 0 Å². The standard InChI is InChI=1S/C18H19FN6O4S2/c1-21-31(28,29)15-7-3-6-14(9-15)23-17-16(19)10-22-18(25-17)24-13-5-2-4-12(8-13)11-30(20,26)27/h2-7,9-11,21H,8H2,1H3,(H2,20,26,27)(H2,22,23,24,25). The van der Waals surface area contributed by atoms with Gasteiger partial charge in [0.15, 0.2) is 11.6 Å². The molecular formula is C18H19FN6O4S2. The maximum absolute atomic E-state index is 14.2. The molecule has 0 saturated heterocycles. The predicted octanol–water partition coefficient (Wildman–Crippen LogP) is 1.70. The number of primary sulfonamides is 1. The van der Waals surface area contributed by atoms with Gasteiger partial charge in [-0.25, -0.2) is 36.1 Å². The summed E-state index contributed by atoms with van der Waals surface area (Å²) in [5, 5.41) is 11.6. The highest BCUT2D eigenvalue weighted by atomic mass is 32.2. The second-order valence-electron chi connectivity index (χ2n) is 6.39. The molecule has 31 heavy (non-hydrogen) atoms. The fourth-order valence-corrected chi connectivity index (χ4v) is 4.02. The first kappa shape index (κ1) is 22.6. The summed E-state index contributed by atoms with van der Waals surface area (Å²) in [6, 6.07) is 5.79. The normalized spacial score (nSPS) is 15.6. The topological polar surface area (TPSA) is 156 Å². The van der Waals surface area contributed by atoms with Crippen LogP contribution in [0.25, 0.3) is 0 Å². The second kappa shape index (κ2) is 8.93. The van der Waals surface area contributed by atoms with Gasteiger partial charge >= 0.3 is 0 Å². The Balaban J connectivity index is 1.80. The molecule has 1 heterocycles. The molecule has 0 unspecified atom stereocenters. The average Bonchev–Trinajstić information content (AvgIpc) is 2.70. The molecule has 1 aliphatic rings. The first-order valence-corrected chi connectivity index (χ1v) is 11.9. The van der Waals surface area contributed by atoms with E-state index < -0.39 is 25.9 Å². The number of rotatable bonds is 7. The monoisotopic (exact) mass is 466 g/mol. The molecular weight excluding hydrogens is 447 g/mol. The Morgan fingerprint density at radius 1 is 1.19 bits per heavy atom. The maximum Gasteiger partial charge on any atom is 0.240 e. The molecule has 3 rings (SSSR count). The van der Waals surface area contributed by atoms with Gasteiger partial charge in [-0.05, 0) is 36.9 Å². The Labute approximate surface area is 178 Å². The lowest BCUT2D eigenvalue weighted by Gasteiger charge is -2.14. The molecule has 0 atom stereocenters. The molecule has 1 aliphatic carbocycles. The molecule has 0 saturated carbocycles. The molecule has 1 aromatic carbocycles. The Morgan fingerprint density at radius 3 is 2.68 bits per heavy atom. The van der Waals surface area contributed by atoms with Crippen molar-refractivity contribution in [2.75, 3.05) is 17.7 Å². The number of aromatic nitrogens is 2. The fourth-order valence-electron chi connectivity index (χ4n) is 2.66. The summed E-state index contributed by atoms with van der Waals surface area (Å²) in [5.74, 6) is -0.872. The first-order chi connectivity index (χ1) is 14.6. The van der Waals surface area contributed by atoms with E-state index in [-0.39, 0.29) is 23.1 Å². The van der Waals surface area contributed by atoms with Crippen molar-refractivity contribution in [1.29, 1.82) is 0 Å². The number of allylic oxidation sites excluding steroid dienone is 4. The van der Waals surface area contributed by atoms with Crippen molar-refractivity contribution in [2.24, 2.45) is 5.14 Å². The lowest BCUT2D eigenvalue weighted by molar-refractivity contribution is 0.588. The number of benzene rings is 1. The van der Waals surface area contributed by atoms with E-state index >= 15 is 0 Å². The lowest BCUT2D eigenvalue weighted by Crippen LogP contribution is -2.18. The van der Waals surface area contributed by atoms with Crippen molar-refractivity contribution >= 4 is 37.5 Å². The Kier molecular flexibility index (Phi) is 6.50. The van der Waals surface area contributed by atoms with E-state index in [1.807, 2.05) is 0 Å². The minimum absolute atomic E-state index is 0.00105. The van der Waals surface area contributed by atoms with Crippen molar-refractivity contribution in [3.05, 3.63) is 71.2 Å². The molecule has 2 aromatic rings. The summed E-state index contributed by atoms with van der Waals surface area (Å²) >= 11 is 0.